The van der Waals surface area contributed by atoms with Gasteiger partial charge >= 0.3 is 11.9 Å². The summed E-state index contributed by atoms with van der Waals surface area (Å²) < 4.78 is 38.9. The smallest absolute Gasteiger partial charge is 0.337 e. The quantitative estimate of drug-likeness (QED) is 0.576. The van der Waals surface area contributed by atoms with Crippen molar-refractivity contribution in [3.8, 4) is 0 Å². The van der Waals surface area contributed by atoms with Crippen LogP contribution in [0.15, 0.2) is 41.4 Å². The molecule has 0 fully saturated rings. The lowest BCUT2D eigenvalue weighted by molar-refractivity contribution is -0.143. The van der Waals surface area contributed by atoms with E-state index in [1.165, 1.54) is 35.9 Å². The van der Waals surface area contributed by atoms with Crippen molar-refractivity contribution >= 4 is 39.4 Å². The van der Waals surface area contributed by atoms with E-state index in [0.717, 1.165) is 17.4 Å². The molecule has 0 saturated carbocycles. The van der Waals surface area contributed by atoms with Crippen LogP contribution in [0.1, 0.15) is 27.6 Å². The van der Waals surface area contributed by atoms with Crippen molar-refractivity contribution in [3.05, 3.63) is 64.0 Å². The number of esters is 2. The van der Waals surface area contributed by atoms with Crippen LogP contribution < -0.4 is 4.80 Å². The molecule has 0 aliphatic carbocycles. The van der Waals surface area contributed by atoms with Crippen LogP contribution in [-0.2, 0) is 20.8 Å². The molecule has 0 bridgehead atoms. The van der Waals surface area contributed by atoms with Crippen LogP contribution in [0, 0.1) is 11.6 Å². The monoisotopic (exact) mass is 434 g/mol. The first-order valence-electron chi connectivity index (χ1n) is 8.75. The third-order valence-electron chi connectivity index (χ3n) is 4.04. The second-order valence-electron chi connectivity index (χ2n) is 6.00. The van der Waals surface area contributed by atoms with E-state index in [0.29, 0.717) is 6.07 Å². The molecule has 10 heteroatoms. The summed E-state index contributed by atoms with van der Waals surface area (Å²) >= 11 is 0.861. The minimum Gasteiger partial charge on any atom is -0.465 e. The Balaban J connectivity index is 2.08. The van der Waals surface area contributed by atoms with Crippen LogP contribution in [0.5, 0.6) is 0 Å². The zero-order chi connectivity index (χ0) is 21.8. The molecular weight excluding hydrogens is 418 g/mol. The highest BCUT2D eigenvalue weighted by molar-refractivity contribution is 7.16. The summed E-state index contributed by atoms with van der Waals surface area (Å²) in [6.07, 6.45) is 0. The summed E-state index contributed by atoms with van der Waals surface area (Å²) in [5.74, 6) is -3.57. The van der Waals surface area contributed by atoms with Crippen LogP contribution in [0.25, 0.3) is 10.2 Å². The van der Waals surface area contributed by atoms with Crippen molar-refractivity contribution in [2.75, 3.05) is 13.7 Å². The highest BCUT2D eigenvalue weighted by atomic mass is 32.1. The lowest BCUT2D eigenvalue weighted by atomic mass is 10.1. The summed E-state index contributed by atoms with van der Waals surface area (Å²) in [5.41, 5.74) is 0.363. The SMILES string of the molecule is CCOC(=O)Cn1c(=NC(=O)c2ccc(C(=O)OC)cc2)sc2cc(F)cc(F)c21. The average molecular weight is 434 g/mol. The molecule has 0 radical (unpaired) electrons. The van der Waals surface area contributed by atoms with E-state index in [1.807, 2.05) is 0 Å². The van der Waals surface area contributed by atoms with Gasteiger partial charge in [-0.25, -0.2) is 13.6 Å². The van der Waals surface area contributed by atoms with Crippen LogP contribution in [-0.4, -0.2) is 36.1 Å². The number of hydrogen-bond donors (Lipinski definition) is 0. The fourth-order valence-electron chi connectivity index (χ4n) is 2.71. The van der Waals surface area contributed by atoms with Crippen molar-refractivity contribution in [1.29, 1.82) is 0 Å². The third-order valence-corrected chi connectivity index (χ3v) is 5.06. The van der Waals surface area contributed by atoms with Gasteiger partial charge in [-0.3, -0.25) is 9.59 Å². The average Bonchev–Trinajstić information content (AvgIpc) is 3.04. The number of hydrogen-bond acceptors (Lipinski definition) is 6. The largest absolute Gasteiger partial charge is 0.465 e. The zero-order valence-electron chi connectivity index (χ0n) is 16.0. The Kier molecular flexibility index (Phi) is 6.36. The first kappa shape index (κ1) is 21.3. The molecule has 0 aliphatic heterocycles. The summed E-state index contributed by atoms with van der Waals surface area (Å²) in [7, 11) is 1.24. The van der Waals surface area contributed by atoms with Gasteiger partial charge in [0.15, 0.2) is 10.6 Å². The standard InChI is InChI=1S/C20H16F2N2O5S/c1-3-29-16(25)10-24-17-14(22)8-13(21)9-15(17)30-20(24)23-18(26)11-4-6-12(7-5-11)19(27)28-2/h4-9H,3,10H2,1-2H3. The number of nitrogens with zero attached hydrogens (tertiary/aromatic N) is 2. The lowest BCUT2D eigenvalue weighted by Gasteiger charge is -2.06. The molecule has 0 aliphatic rings. The molecule has 1 heterocycles. The molecule has 0 unspecified atom stereocenters. The maximum absolute atomic E-state index is 14.4. The van der Waals surface area contributed by atoms with Crippen molar-refractivity contribution in [2.24, 2.45) is 4.99 Å². The van der Waals surface area contributed by atoms with Crippen LogP contribution in [0.3, 0.4) is 0 Å². The molecule has 7 nitrogen and oxygen atoms in total. The topological polar surface area (TPSA) is 87.0 Å². The normalized spacial score (nSPS) is 11.5. The first-order chi connectivity index (χ1) is 14.3. The van der Waals surface area contributed by atoms with E-state index in [2.05, 4.69) is 9.73 Å². The van der Waals surface area contributed by atoms with Crippen molar-refractivity contribution in [3.63, 3.8) is 0 Å². The first-order valence-corrected chi connectivity index (χ1v) is 9.57. The Morgan fingerprint density at radius 2 is 1.77 bits per heavy atom. The molecular formula is C20H16F2N2O5S. The number of carbonyl (C=O) groups excluding carboxylic acids is 3. The van der Waals surface area contributed by atoms with Gasteiger partial charge in [0.2, 0.25) is 0 Å². The van der Waals surface area contributed by atoms with Gasteiger partial charge in [0.05, 0.1) is 29.5 Å². The Morgan fingerprint density at radius 1 is 1.10 bits per heavy atom. The number of rotatable bonds is 5. The van der Waals surface area contributed by atoms with Gasteiger partial charge in [-0.05, 0) is 37.3 Å². The molecule has 3 aromatic rings. The van der Waals surface area contributed by atoms with E-state index in [4.69, 9.17) is 4.74 Å². The molecule has 30 heavy (non-hydrogen) atoms. The number of aromatic nitrogens is 1. The zero-order valence-corrected chi connectivity index (χ0v) is 16.8. The molecule has 0 saturated heterocycles. The Morgan fingerprint density at radius 3 is 2.40 bits per heavy atom. The van der Waals surface area contributed by atoms with Crippen molar-refractivity contribution in [2.45, 2.75) is 13.5 Å². The van der Waals surface area contributed by atoms with E-state index < -0.39 is 36.0 Å². The van der Waals surface area contributed by atoms with Gasteiger partial charge in [-0.1, -0.05) is 11.3 Å². The van der Waals surface area contributed by atoms with Gasteiger partial charge in [-0.15, -0.1) is 0 Å². The number of methoxy groups -OCH3 is 1. The molecule has 156 valence electrons. The number of fused-ring (bicyclic) bond motifs is 1. The van der Waals surface area contributed by atoms with E-state index >= 15 is 0 Å². The number of carbonyl (C=O) groups is 3. The van der Waals surface area contributed by atoms with Crippen molar-refractivity contribution < 1.29 is 32.6 Å². The Labute approximate surface area is 173 Å². The van der Waals surface area contributed by atoms with Gasteiger partial charge < -0.3 is 14.0 Å². The minimum atomic E-state index is -0.887. The fourth-order valence-corrected chi connectivity index (χ4v) is 3.78. The summed E-state index contributed by atoms with van der Waals surface area (Å²) in [5, 5.41) is 0. The number of amides is 1. The Hall–Kier alpha value is -3.40. The van der Waals surface area contributed by atoms with E-state index in [9.17, 15) is 23.2 Å². The molecule has 0 N–H and O–H groups in total. The van der Waals surface area contributed by atoms with E-state index in [-0.39, 0.29) is 32.8 Å². The summed E-state index contributed by atoms with van der Waals surface area (Å²) in [6.45, 7) is 1.34. The summed E-state index contributed by atoms with van der Waals surface area (Å²) in [6, 6.07) is 7.37. The van der Waals surface area contributed by atoms with Crippen LogP contribution >= 0.6 is 11.3 Å². The molecule has 0 spiro atoms. The lowest BCUT2D eigenvalue weighted by Crippen LogP contribution is -2.23. The maximum atomic E-state index is 14.4. The predicted octanol–water partition coefficient (Wildman–Crippen LogP) is 3.07. The second kappa shape index (κ2) is 8.95. The minimum absolute atomic E-state index is 0.00426. The molecule has 1 amide bonds. The molecule has 3 rings (SSSR count). The Bertz CT molecular complexity index is 1200. The van der Waals surface area contributed by atoms with Crippen LogP contribution in [0.2, 0.25) is 0 Å². The summed E-state index contributed by atoms with van der Waals surface area (Å²) in [4.78, 5) is 40.0. The molecule has 2 aromatic carbocycles. The molecule has 0 atom stereocenters. The van der Waals surface area contributed by atoms with Gasteiger partial charge in [0, 0.05) is 11.6 Å². The highest BCUT2D eigenvalue weighted by Gasteiger charge is 2.17. The fraction of sp³-hybridized carbons (Fsp3) is 0.200. The predicted molar refractivity (Wildman–Crippen MR) is 104 cm³/mol. The number of thiazole rings is 1. The number of benzene rings is 2. The van der Waals surface area contributed by atoms with Gasteiger partial charge in [0.25, 0.3) is 5.91 Å². The van der Waals surface area contributed by atoms with Crippen LogP contribution in [0.4, 0.5) is 8.78 Å². The number of ether oxygens (including phenoxy) is 2. The van der Waals surface area contributed by atoms with Crippen molar-refractivity contribution in [1.82, 2.24) is 4.57 Å². The molecule has 1 aromatic heterocycles. The van der Waals surface area contributed by atoms with Gasteiger partial charge in [0.1, 0.15) is 12.4 Å². The van der Waals surface area contributed by atoms with E-state index in [1.54, 1.807) is 6.92 Å². The van der Waals surface area contributed by atoms with Gasteiger partial charge in [-0.2, -0.15) is 4.99 Å². The maximum Gasteiger partial charge on any atom is 0.337 e. The number of halogens is 2. The second-order valence-corrected chi connectivity index (χ2v) is 7.01. The highest BCUT2D eigenvalue weighted by Crippen LogP contribution is 2.22. The third kappa shape index (κ3) is 4.43.